The van der Waals surface area contributed by atoms with Crippen LogP contribution in [0.2, 0.25) is 0 Å². The van der Waals surface area contributed by atoms with Crippen LogP contribution >= 0.6 is 11.6 Å². The van der Waals surface area contributed by atoms with Crippen LogP contribution in [0.3, 0.4) is 0 Å². The molecule has 6 nitrogen and oxygen atoms in total. The van der Waals surface area contributed by atoms with Crippen LogP contribution in [-0.4, -0.2) is 41.4 Å². The van der Waals surface area contributed by atoms with Crippen LogP contribution < -0.4 is 4.90 Å². The van der Waals surface area contributed by atoms with Crippen LogP contribution in [-0.2, 0) is 9.53 Å². The molecule has 1 amide bonds. The molecule has 0 bridgehead atoms. The number of alkyl halides is 1. The van der Waals surface area contributed by atoms with Crippen LogP contribution in [0, 0.1) is 5.92 Å². The molecule has 2 rings (SSSR count). The van der Waals surface area contributed by atoms with E-state index >= 15 is 0 Å². The van der Waals surface area contributed by atoms with Crippen molar-refractivity contribution < 1.29 is 14.3 Å². The summed E-state index contributed by atoms with van der Waals surface area (Å²) in [5.74, 6) is -0.00376. The zero-order valence-electron chi connectivity index (χ0n) is 9.80. The van der Waals surface area contributed by atoms with Crippen molar-refractivity contribution in [1.82, 2.24) is 9.97 Å². The third-order valence-electron chi connectivity index (χ3n) is 2.74. The number of esters is 1. The minimum atomic E-state index is -0.611. The third kappa shape index (κ3) is 2.28. The maximum absolute atomic E-state index is 11.9. The highest BCUT2D eigenvalue weighted by atomic mass is 35.5. The summed E-state index contributed by atoms with van der Waals surface area (Å²) in [6.07, 6.45) is 3.18. The molecule has 7 heteroatoms. The third-order valence-corrected chi connectivity index (χ3v) is 3.17. The molecule has 0 spiro atoms. The predicted octanol–water partition coefficient (Wildman–Crippen LogP) is 0.855. The van der Waals surface area contributed by atoms with E-state index in [-0.39, 0.29) is 23.3 Å². The van der Waals surface area contributed by atoms with Gasteiger partial charge in [-0.1, -0.05) is 0 Å². The van der Waals surface area contributed by atoms with E-state index in [1.807, 2.05) is 0 Å². The van der Waals surface area contributed by atoms with Crippen LogP contribution in [0.5, 0.6) is 0 Å². The number of anilines is 1. The van der Waals surface area contributed by atoms with Gasteiger partial charge in [0.05, 0.1) is 7.11 Å². The van der Waals surface area contributed by atoms with Crippen molar-refractivity contribution >= 4 is 29.3 Å². The molecule has 0 saturated carbocycles. The summed E-state index contributed by atoms with van der Waals surface area (Å²) in [4.78, 5) is 32.8. The van der Waals surface area contributed by atoms with Crippen molar-refractivity contribution in [2.75, 3.05) is 24.4 Å². The Labute approximate surface area is 109 Å². The monoisotopic (exact) mass is 269 g/mol. The molecule has 18 heavy (non-hydrogen) atoms. The lowest BCUT2D eigenvalue weighted by molar-refractivity contribution is -0.117. The summed E-state index contributed by atoms with van der Waals surface area (Å²) < 4.78 is 4.62. The molecule has 1 aliphatic heterocycles. The SMILES string of the molecule is COC(=O)c1nccnc1N1CC(CCl)CC1=O. The van der Waals surface area contributed by atoms with E-state index in [2.05, 4.69) is 14.7 Å². The zero-order chi connectivity index (χ0) is 13.1. The molecule has 1 aliphatic rings. The molecule has 0 aromatic carbocycles. The Bertz CT molecular complexity index is 480. The normalized spacial score (nSPS) is 19.1. The lowest BCUT2D eigenvalue weighted by Gasteiger charge is -2.16. The minimum Gasteiger partial charge on any atom is -0.464 e. The molecule has 0 N–H and O–H groups in total. The molecule has 1 aromatic rings. The number of carbonyl (C=O) groups is 2. The Morgan fingerprint density at radius 3 is 2.89 bits per heavy atom. The van der Waals surface area contributed by atoms with Gasteiger partial charge in [-0.3, -0.25) is 9.69 Å². The van der Waals surface area contributed by atoms with Crippen LogP contribution in [0.1, 0.15) is 16.9 Å². The highest BCUT2D eigenvalue weighted by Crippen LogP contribution is 2.26. The lowest BCUT2D eigenvalue weighted by atomic mass is 10.1. The van der Waals surface area contributed by atoms with Gasteiger partial charge in [-0.15, -0.1) is 11.6 Å². The minimum absolute atomic E-state index is 0.0450. The fraction of sp³-hybridized carbons (Fsp3) is 0.455. The number of methoxy groups -OCH3 is 1. The summed E-state index contributed by atoms with van der Waals surface area (Å²) in [5, 5.41) is 0. The number of halogens is 1. The van der Waals surface area contributed by atoms with E-state index in [4.69, 9.17) is 11.6 Å². The number of nitrogens with zero attached hydrogens (tertiary/aromatic N) is 3. The molecule has 1 unspecified atom stereocenters. The average molecular weight is 270 g/mol. The zero-order valence-corrected chi connectivity index (χ0v) is 10.6. The highest BCUT2D eigenvalue weighted by Gasteiger charge is 2.33. The lowest BCUT2D eigenvalue weighted by Crippen LogP contribution is -2.28. The van der Waals surface area contributed by atoms with E-state index in [1.54, 1.807) is 0 Å². The van der Waals surface area contributed by atoms with Gasteiger partial charge in [0.1, 0.15) is 0 Å². The molecule has 0 radical (unpaired) electrons. The molecule has 1 saturated heterocycles. The van der Waals surface area contributed by atoms with Crippen LogP contribution in [0.4, 0.5) is 5.82 Å². The summed E-state index contributed by atoms with van der Waals surface area (Å²) in [7, 11) is 1.26. The second-order valence-corrected chi connectivity index (χ2v) is 4.26. The fourth-order valence-electron chi connectivity index (χ4n) is 1.86. The first-order chi connectivity index (χ1) is 8.67. The van der Waals surface area contributed by atoms with Crippen LogP contribution in [0.15, 0.2) is 12.4 Å². The topological polar surface area (TPSA) is 72.4 Å². The first-order valence-corrected chi connectivity index (χ1v) is 5.96. The van der Waals surface area contributed by atoms with E-state index in [0.717, 1.165) is 0 Å². The van der Waals surface area contributed by atoms with E-state index in [0.29, 0.717) is 18.8 Å². The van der Waals surface area contributed by atoms with Gasteiger partial charge in [0.25, 0.3) is 0 Å². The van der Waals surface area contributed by atoms with Crippen LogP contribution in [0.25, 0.3) is 0 Å². The predicted molar refractivity (Wildman–Crippen MR) is 64.6 cm³/mol. The van der Waals surface area contributed by atoms with Gasteiger partial charge in [-0.2, -0.15) is 0 Å². The number of hydrogen-bond acceptors (Lipinski definition) is 5. The molecule has 2 heterocycles. The van der Waals surface area contributed by atoms with Crippen molar-refractivity contribution in [3.05, 3.63) is 18.1 Å². The first kappa shape index (κ1) is 12.8. The molecule has 1 aromatic heterocycles. The maximum Gasteiger partial charge on any atom is 0.360 e. The molecular formula is C11H12ClN3O3. The summed E-state index contributed by atoms with van der Waals surface area (Å²) in [6, 6.07) is 0. The summed E-state index contributed by atoms with van der Waals surface area (Å²) in [5.41, 5.74) is 0.0450. The highest BCUT2D eigenvalue weighted by molar-refractivity contribution is 6.18. The van der Waals surface area contributed by atoms with Gasteiger partial charge in [-0.25, -0.2) is 14.8 Å². The van der Waals surface area contributed by atoms with Gasteiger partial charge in [0, 0.05) is 31.2 Å². The van der Waals surface area contributed by atoms with Crippen molar-refractivity contribution in [3.8, 4) is 0 Å². The number of carbonyl (C=O) groups excluding carboxylic acids is 2. The van der Waals surface area contributed by atoms with Crippen molar-refractivity contribution in [3.63, 3.8) is 0 Å². The van der Waals surface area contributed by atoms with Gasteiger partial charge in [0.2, 0.25) is 5.91 Å². The van der Waals surface area contributed by atoms with E-state index in [1.165, 1.54) is 24.4 Å². The average Bonchev–Trinajstić information content (AvgIpc) is 2.79. The van der Waals surface area contributed by atoms with Gasteiger partial charge in [-0.05, 0) is 5.92 Å². The van der Waals surface area contributed by atoms with Crippen molar-refractivity contribution in [2.45, 2.75) is 6.42 Å². The Morgan fingerprint density at radius 2 is 2.28 bits per heavy atom. The first-order valence-electron chi connectivity index (χ1n) is 5.43. The van der Waals surface area contributed by atoms with E-state index in [9.17, 15) is 9.59 Å². The summed E-state index contributed by atoms with van der Waals surface area (Å²) >= 11 is 5.75. The number of ether oxygens (including phenoxy) is 1. The molecule has 1 fully saturated rings. The Morgan fingerprint density at radius 1 is 1.56 bits per heavy atom. The Balaban J connectivity index is 2.34. The number of amides is 1. The van der Waals surface area contributed by atoms with Gasteiger partial charge >= 0.3 is 5.97 Å². The smallest absolute Gasteiger partial charge is 0.360 e. The molecule has 96 valence electrons. The second-order valence-electron chi connectivity index (χ2n) is 3.95. The molecular weight excluding hydrogens is 258 g/mol. The standard InChI is InChI=1S/C11H12ClN3O3/c1-18-11(17)9-10(14-3-2-13-9)15-6-7(5-12)4-8(15)16/h2-3,7H,4-6H2,1H3. The Kier molecular flexibility index (Phi) is 3.76. The van der Waals surface area contributed by atoms with Crippen molar-refractivity contribution in [1.29, 1.82) is 0 Å². The van der Waals surface area contributed by atoms with Crippen molar-refractivity contribution in [2.24, 2.45) is 5.92 Å². The second kappa shape index (κ2) is 5.30. The largest absolute Gasteiger partial charge is 0.464 e. The number of rotatable bonds is 3. The molecule has 1 atom stereocenters. The van der Waals surface area contributed by atoms with Gasteiger partial charge < -0.3 is 4.74 Å². The fourth-order valence-corrected chi connectivity index (χ4v) is 2.07. The molecule has 0 aliphatic carbocycles. The number of aromatic nitrogens is 2. The van der Waals surface area contributed by atoms with Gasteiger partial charge in [0.15, 0.2) is 11.5 Å². The summed E-state index contributed by atoms with van der Waals surface area (Å²) in [6.45, 7) is 0.449. The van der Waals surface area contributed by atoms with E-state index < -0.39 is 5.97 Å². The number of hydrogen-bond donors (Lipinski definition) is 0. The quantitative estimate of drug-likeness (QED) is 0.601. The Hall–Kier alpha value is -1.69. The maximum atomic E-state index is 11.9.